The van der Waals surface area contributed by atoms with Crippen molar-refractivity contribution in [1.82, 2.24) is 10.3 Å². The molecule has 2 rings (SSSR count). The molecule has 6 nitrogen and oxygen atoms in total. The van der Waals surface area contributed by atoms with Crippen LogP contribution in [0, 0.1) is 10.8 Å². The zero-order valence-electron chi connectivity index (χ0n) is 19.3. The summed E-state index contributed by atoms with van der Waals surface area (Å²) in [6.45, 7) is 12.8. The molecule has 30 heavy (non-hydrogen) atoms. The van der Waals surface area contributed by atoms with Crippen molar-refractivity contribution < 1.29 is 9.05 Å². The molecule has 0 saturated carbocycles. The zero-order valence-corrected chi connectivity index (χ0v) is 20.9. The molecule has 0 aromatic carbocycles. The third-order valence-corrected chi connectivity index (χ3v) is 7.07. The summed E-state index contributed by atoms with van der Waals surface area (Å²) < 4.78 is 9.73. The number of aromatic nitrogens is 2. The van der Waals surface area contributed by atoms with Crippen LogP contribution < -0.4 is 11.1 Å². The van der Waals surface area contributed by atoms with E-state index < -0.39 is 0 Å². The lowest BCUT2D eigenvalue weighted by atomic mass is 9.84. The number of hydrogen-bond donors (Lipinski definition) is 2. The average molecular weight is 459 g/mol. The van der Waals surface area contributed by atoms with Gasteiger partial charge in [-0.05, 0) is 48.0 Å². The first-order chi connectivity index (χ1) is 14.2. The van der Waals surface area contributed by atoms with Crippen molar-refractivity contribution in [1.29, 1.82) is 0 Å². The summed E-state index contributed by atoms with van der Waals surface area (Å²) in [5.41, 5.74) is 1.41. The second kappa shape index (κ2) is 13.2. The Kier molecular flexibility index (Phi) is 11.8. The van der Waals surface area contributed by atoms with E-state index >= 15 is 0 Å². The highest BCUT2D eigenvalue weighted by molar-refractivity contribution is 8.02. The van der Waals surface area contributed by atoms with Gasteiger partial charge < -0.3 is 9.05 Å². The Morgan fingerprint density at radius 2 is 1.10 bits per heavy atom. The maximum atomic E-state index is 11.6. The summed E-state index contributed by atoms with van der Waals surface area (Å²) in [5.74, 6) is 4.46. The number of aromatic amines is 2. The van der Waals surface area contributed by atoms with Crippen molar-refractivity contribution in [3.8, 4) is 0 Å². The van der Waals surface area contributed by atoms with Gasteiger partial charge in [0.25, 0.3) is 11.1 Å². The fourth-order valence-corrected chi connectivity index (χ4v) is 5.76. The molecule has 8 heteroatoms. The van der Waals surface area contributed by atoms with Crippen LogP contribution in [0.3, 0.4) is 0 Å². The second-order valence-electron chi connectivity index (χ2n) is 8.79. The fraction of sp³-hybridized carbons (Fsp3) is 0.727. The van der Waals surface area contributed by atoms with Gasteiger partial charge in [-0.1, -0.05) is 41.5 Å². The van der Waals surface area contributed by atoms with Crippen LogP contribution in [0.5, 0.6) is 0 Å². The van der Waals surface area contributed by atoms with Gasteiger partial charge in [-0.3, -0.25) is 9.59 Å². The Bertz CT molecular complexity index is 749. The van der Waals surface area contributed by atoms with Crippen molar-refractivity contribution in [3.05, 3.63) is 44.4 Å². The third kappa shape index (κ3) is 10.2. The predicted molar refractivity (Wildman–Crippen MR) is 129 cm³/mol. The van der Waals surface area contributed by atoms with E-state index in [2.05, 4.69) is 38.0 Å². The SMILES string of the molecule is CC.CC(C)(CCSCCSCCC(C)(C)Cc1co[nH]c1=O)Cc1co[nH]c1=O. The van der Waals surface area contributed by atoms with Crippen molar-refractivity contribution in [3.63, 3.8) is 0 Å². The molecule has 0 aliphatic rings. The minimum absolute atomic E-state index is 0.0893. The molecular weight excluding hydrogens is 420 g/mol. The van der Waals surface area contributed by atoms with E-state index in [1.807, 2.05) is 37.4 Å². The van der Waals surface area contributed by atoms with Crippen molar-refractivity contribution in [2.45, 2.75) is 67.2 Å². The van der Waals surface area contributed by atoms with Crippen LogP contribution in [0.4, 0.5) is 0 Å². The van der Waals surface area contributed by atoms with Gasteiger partial charge in [0, 0.05) is 11.5 Å². The first-order valence-electron chi connectivity index (χ1n) is 10.6. The summed E-state index contributed by atoms with van der Waals surface area (Å²) in [7, 11) is 0. The Morgan fingerprint density at radius 3 is 1.40 bits per heavy atom. The van der Waals surface area contributed by atoms with E-state index in [4.69, 9.17) is 9.05 Å². The molecule has 0 amide bonds. The molecule has 0 radical (unpaired) electrons. The Morgan fingerprint density at radius 1 is 0.733 bits per heavy atom. The number of H-pyrrole nitrogens is 2. The molecule has 0 saturated heterocycles. The third-order valence-electron chi connectivity index (χ3n) is 4.85. The fourth-order valence-electron chi connectivity index (χ4n) is 3.02. The van der Waals surface area contributed by atoms with E-state index in [-0.39, 0.29) is 21.9 Å². The van der Waals surface area contributed by atoms with Crippen LogP contribution in [0.1, 0.15) is 65.5 Å². The Balaban J connectivity index is 0.00000218. The van der Waals surface area contributed by atoms with Crippen molar-refractivity contribution in [2.75, 3.05) is 23.0 Å². The van der Waals surface area contributed by atoms with Gasteiger partial charge in [0.05, 0.1) is 11.1 Å². The maximum absolute atomic E-state index is 11.6. The monoisotopic (exact) mass is 458 g/mol. The normalized spacial score (nSPS) is 11.9. The molecule has 0 aliphatic heterocycles. The van der Waals surface area contributed by atoms with E-state index in [0.29, 0.717) is 0 Å². The first-order valence-corrected chi connectivity index (χ1v) is 13.0. The summed E-state index contributed by atoms with van der Waals surface area (Å²) in [5, 5.41) is 4.70. The molecule has 0 fully saturated rings. The van der Waals surface area contributed by atoms with Crippen LogP contribution in [0.25, 0.3) is 0 Å². The lowest BCUT2D eigenvalue weighted by Crippen LogP contribution is -2.20. The highest BCUT2D eigenvalue weighted by atomic mass is 32.2. The van der Waals surface area contributed by atoms with Crippen LogP contribution in [-0.4, -0.2) is 33.3 Å². The van der Waals surface area contributed by atoms with E-state index in [1.165, 1.54) is 12.5 Å². The smallest absolute Gasteiger partial charge is 0.283 e. The molecule has 0 aliphatic carbocycles. The lowest BCUT2D eigenvalue weighted by molar-refractivity contribution is 0.349. The zero-order chi connectivity index (χ0) is 22.6. The van der Waals surface area contributed by atoms with Crippen LogP contribution >= 0.6 is 23.5 Å². The van der Waals surface area contributed by atoms with Crippen LogP contribution in [0.2, 0.25) is 0 Å². The molecule has 2 aromatic rings. The minimum Gasteiger partial charge on any atom is -0.387 e. The molecule has 0 atom stereocenters. The number of hydrogen-bond acceptors (Lipinski definition) is 6. The highest BCUT2D eigenvalue weighted by Crippen LogP contribution is 2.28. The van der Waals surface area contributed by atoms with Gasteiger partial charge in [0.15, 0.2) is 0 Å². The van der Waals surface area contributed by atoms with Gasteiger partial charge in [0.2, 0.25) is 0 Å². The minimum atomic E-state index is -0.113. The predicted octanol–water partition coefficient (Wildman–Crippen LogP) is 5.36. The maximum Gasteiger partial charge on any atom is 0.283 e. The van der Waals surface area contributed by atoms with Gasteiger partial charge in [-0.2, -0.15) is 33.8 Å². The van der Waals surface area contributed by atoms with E-state index in [1.54, 1.807) is 0 Å². The molecule has 2 N–H and O–H groups in total. The van der Waals surface area contributed by atoms with Crippen LogP contribution in [0.15, 0.2) is 31.2 Å². The molecule has 2 aromatic heterocycles. The quantitative estimate of drug-likeness (QED) is 0.393. The van der Waals surface area contributed by atoms with Gasteiger partial charge in [-0.15, -0.1) is 0 Å². The first kappa shape index (κ1) is 26.8. The van der Waals surface area contributed by atoms with Gasteiger partial charge in [0.1, 0.15) is 12.5 Å². The summed E-state index contributed by atoms with van der Waals surface area (Å²) >= 11 is 3.95. The highest BCUT2D eigenvalue weighted by Gasteiger charge is 2.22. The molecule has 2 heterocycles. The summed E-state index contributed by atoms with van der Waals surface area (Å²) in [4.78, 5) is 23.1. The number of nitrogens with one attached hydrogen (secondary N) is 2. The molecule has 172 valence electrons. The summed E-state index contributed by atoms with van der Waals surface area (Å²) in [6, 6.07) is 0. The van der Waals surface area contributed by atoms with Crippen LogP contribution in [-0.2, 0) is 12.8 Å². The Hall–Kier alpha value is -1.28. The summed E-state index contributed by atoms with van der Waals surface area (Å²) in [6.07, 6.45) is 6.67. The lowest BCUT2D eigenvalue weighted by Gasteiger charge is -2.23. The molecule has 0 unspecified atom stereocenters. The second-order valence-corrected chi connectivity index (χ2v) is 11.2. The van der Waals surface area contributed by atoms with Gasteiger partial charge in [-0.25, -0.2) is 0 Å². The van der Waals surface area contributed by atoms with E-state index in [9.17, 15) is 9.59 Å². The van der Waals surface area contributed by atoms with Gasteiger partial charge >= 0.3 is 0 Å². The van der Waals surface area contributed by atoms with E-state index in [0.717, 1.165) is 59.8 Å². The average Bonchev–Trinajstić information content (AvgIpc) is 3.26. The largest absolute Gasteiger partial charge is 0.387 e. The molecular formula is C22H38N2O4S2. The molecule has 0 bridgehead atoms. The standard InChI is InChI=1S/C20H32N2O4S2.C2H6/c1-19(2,11-15-13-25-21-17(15)23)5-7-27-9-10-28-8-6-20(3,4)12-16-14-26-22-18(16)24;1-2/h13-14H,5-12H2,1-4H3,(H,21,23)(H,22,24);1-2H3. The Labute approximate surface area is 188 Å². The van der Waals surface area contributed by atoms with Crippen molar-refractivity contribution in [2.24, 2.45) is 10.8 Å². The topological polar surface area (TPSA) is 92.0 Å². The van der Waals surface area contributed by atoms with Crippen molar-refractivity contribution >= 4 is 23.5 Å². The molecule has 0 spiro atoms. The number of thioether (sulfide) groups is 2. The number of rotatable bonds is 13.